The molecule has 1 spiro atoms. The van der Waals surface area contributed by atoms with Crippen LogP contribution in [0, 0.1) is 0 Å². The Kier molecular flexibility index (Phi) is 2.76. The molecule has 5 heterocycles. The van der Waals surface area contributed by atoms with Crippen molar-refractivity contribution in [2.24, 2.45) is 0 Å². The second-order valence-corrected chi connectivity index (χ2v) is 6.68. The lowest BCUT2D eigenvalue weighted by atomic mass is 9.97. The summed E-state index contributed by atoms with van der Waals surface area (Å²) in [6.07, 6.45) is 11.3. The highest BCUT2D eigenvalue weighted by Crippen LogP contribution is 2.38. The van der Waals surface area contributed by atoms with Gasteiger partial charge in [0.15, 0.2) is 0 Å². The van der Waals surface area contributed by atoms with E-state index in [9.17, 15) is 0 Å². The zero-order valence-corrected chi connectivity index (χ0v) is 13.0. The van der Waals surface area contributed by atoms with Crippen molar-refractivity contribution in [3.63, 3.8) is 0 Å². The predicted molar refractivity (Wildman–Crippen MR) is 90.5 cm³/mol. The molecule has 2 fully saturated rings. The Balaban J connectivity index is 1.60. The Morgan fingerprint density at radius 2 is 2.13 bits per heavy atom. The molecular formula is C17H20N6. The van der Waals surface area contributed by atoms with E-state index in [1.54, 1.807) is 6.20 Å². The van der Waals surface area contributed by atoms with Crippen LogP contribution in [0.4, 0.5) is 5.69 Å². The minimum Gasteiger partial charge on any atom is -0.369 e. The highest BCUT2D eigenvalue weighted by atomic mass is 15.2. The molecular weight excluding hydrogens is 288 g/mol. The summed E-state index contributed by atoms with van der Waals surface area (Å²) in [7, 11) is 0. The van der Waals surface area contributed by atoms with Crippen LogP contribution in [-0.2, 0) is 0 Å². The summed E-state index contributed by atoms with van der Waals surface area (Å²) in [5, 5.41) is 4.90. The number of rotatable bonds is 2. The fraction of sp³-hybridized carbons (Fsp3) is 0.412. The van der Waals surface area contributed by atoms with Crippen LogP contribution in [0.2, 0.25) is 0 Å². The number of fused-ring (bicyclic) bond motifs is 1. The van der Waals surface area contributed by atoms with E-state index < -0.39 is 0 Å². The van der Waals surface area contributed by atoms with Crippen LogP contribution in [0.25, 0.3) is 22.4 Å². The lowest BCUT2D eigenvalue weighted by Gasteiger charge is -2.25. The van der Waals surface area contributed by atoms with Crippen molar-refractivity contribution in [1.82, 2.24) is 25.3 Å². The van der Waals surface area contributed by atoms with Crippen molar-refractivity contribution in [3.8, 4) is 11.4 Å². The quantitative estimate of drug-likeness (QED) is 0.679. The molecule has 3 aromatic heterocycles. The lowest BCUT2D eigenvalue weighted by Crippen LogP contribution is -2.42. The standard InChI is InChI=1S/C17H20N6/c1-3-17(22-5-1)4-9-23(11-17)13-2-6-18-16-14(13)12(10-21-16)15-19-7-8-20-15/h2,6-8,10,22H,1,3-5,9,11H2,(H,18,21)(H,19,20)/t17-/m1/s1. The molecule has 5 rings (SSSR count). The van der Waals surface area contributed by atoms with Gasteiger partial charge in [-0.2, -0.15) is 0 Å². The molecule has 0 saturated carbocycles. The average Bonchev–Trinajstić information content (AvgIpc) is 3.36. The highest BCUT2D eigenvalue weighted by Gasteiger charge is 2.40. The second-order valence-electron chi connectivity index (χ2n) is 6.68. The Bertz CT molecular complexity index is 828. The van der Waals surface area contributed by atoms with Crippen molar-refractivity contribution in [1.29, 1.82) is 0 Å². The molecule has 2 saturated heterocycles. The first-order valence-electron chi connectivity index (χ1n) is 8.31. The third kappa shape index (κ3) is 1.98. The van der Waals surface area contributed by atoms with E-state index in [1.165, 1.54) is 24.9 Å². The van der Waals surface area contributed by atoms with Crippen LogP contribution < -0.4 is 10.2 Å². The van der Waals surface area contributed by atoms with Crippen molar-refractivity contribution >= 4 is 16.7 Å². The molecule has 0 radical (unpaired) electrons. The second kappa shape index (κ2) is 4.83. The molecule has 23 heavy (non-hydrogen) atoms. The molecule has 0 bridgehead atoms. The third-order valence-corrected chi connectivity index (χ3v) is 5.33. The lowest BCUT2D eigenvalue weighted by molar-refractivity contribution is 0.419. The van der Waals surface area contributed by atoms with Gasteiger partial charge in [-0.3, -0.25) is 0 Å². The third-order valence-electron chi connectivity index (χ3n) is 5.33. The monoisotopic (exact) mass is 308 g/mol. The van der Waals surface area contributed by atoms with E-state index in [-0.39, 0.29) is 0 Å². The van der Waals surface area contributed by atoms with Gasteiger partial charge in [0, 0.05) is 49.0 Å². The van der Waals surface area contributed by atoms with E-state index in [0.29, 0.717) is 5.54 Å². The summed E-state index contributed by atoms with van der Waals surface area (Å²) in [4.78, 5) is 17.9. The largest absolute Gasteiger partial charge is 0.369 e. The summed E-state index contributed by atoms with van der Waals surface area (Å²) >= 11 is 0. The van der Waals surface area contributed by atoms with Crippen LogP contribution in [0.5, 0.6) is 0 Å². The van der Waals surface area contributed by atoms with Gasteiger partial charge in [0.1, 0.15) is 11.5 Å². The van der Waals surface area contributed by atoms with E-state index in [4.69, 9.17) is 0 Å². The summed E-state index contributed by atoms with van der Waals surface area (Å²) < 4.78 is 0. The zero-order chi connectivity index (χ0) is 15.3. The molecule has 0 unspecified atom stereocenters. The van der Waals surface area contributed by atoms with Crippen LogP contribution in [0.15, 0.2) is 30.9 Å². The number of pyridine rings is 1. The maximum absolute atomic E-state index is 4.49. The Hall–Kier alpha value is -2.34. The van der Waals surface area contributed by atoms with Gasteiger partial charge in [-0.25, -0.2) is 9.97 Å². The smallest absolute Gasteiger partial charge is 0.140 e. The molecule has 118 valence electrons. The molecule has 6 nitrogen and oxygen atoms in total. The number of anilines is 1. The van der Waals surface area contributed by atoms with Crippen LogP contribution in [0.1, 0.15) is 19.3 Å². The molecule has 0 aliphatic carbocycles. The van der Waals surface area contributed by atoms with Crippen LogP contribution in [0.3, 0.4) is 0 Å². The average molecular weight is 308 g/mol. The maximum Gasteiger partial charge on any atom is 0.140 e. The molecule has 3 aromatic rings. The first-order chi connectivity index (χ1) is 11.3. The van der Waals surface area contributed by atoms with Crippen molar-refractivity contribution in [3.05, 3.63) is 30.9 Å². The molecule has 2 aliphatic heterocycles. The van der Waals surface area contributed by atoms with E-state index in [0.717, 1.165) is 42.1 Å². The number of hydrogen-bond donors (Lipinski definition) is 3. The van der Waals surface area contributed by atoms with Gasteiger partial charge < -0.3 is 20.2 Å². The summed E-state index contributed by atoms with van der Waals surface area (Å²) in [6, 6.07) is 2.14. The van der Waals surface area contributed by atoms with E-state index in [1.807, 2.05) is 18.6 Å². The normalized spacial score (nSPS) is 24.3. The van der Waals surface area contributed by atoms with Gasteiger partial charge >= 0.3 is 0 Å². The maximum atomic E-state index is 4.49. The SMILES string of the molecule is c1c[nH]c(-c2c[nH]c3nccc(N4CC[C@]5(CCCN5)C4)c23)n1. The van der Waals surface area contributed by atoms with Crippen LogP contribution >= 0.6 is 0 Å². The predicted octanol–water partition coefficient (Wildman–Crippen LogP) is 2.29. The van der Waals surface area contributed by atoms with Gasteiger partial charge in [-0.05, 0) is 31.9 Å². The van der Waals surface area contributed by atoms with Gasteiger partial charge in [-0.15, -0.1) is 0 Å². The number of aromatic nitrogens is 4. The van der Waals surface area contributed by atoms with E-state index in [2.05, 4.69) is 36.2 Å². The minimum absolute atomic E-state index is 0.316. The van der Waals surface area contributed by atoms with Gasteiger partial charge in [0.05, 0.1) is 11.1 Å². The highest BCUT2D eigenvalue weighted by molar-refractivity contribution is 6.01. The fourth-order valence-electron chi connectivity index (χ4n) is 4.20. The first kappa shape index (κ1) is 13.1. The Morgan fingerprint density at radius 3 is 2.96 bits per heavy atom. The molecule has 0 aromatic carbocycles. The van der Waals surface area contributed by atoms with Gasteiger partial charge in [0.25, 0.3) is 0 Å². The molecule has 6 heteroatoms. The van der Waals surface area contributed by atoms with Crippen molar-refractivity contribution in [2.45, 2.75) is 24.8 Å². The Morgan fingerprint density at radius 1 is 1.13 bits per heavy atom. The van der Waals surface area contributed by atoms with Gasteiger partial charge in [-0.1, -0.05) is 0 Å². The molecule has 2 aliphatic rings. The Labute approximate surface area is 134 Å². The number of hydrogen-bond acceptors (Lipinski definition) is 4. The summed E-state index contributed by atoms with van der Waals surface area (Å²) in [5.41, 5.74) is 3.59. The van der Waals surface area contributed by atoms with Gasteiger partial charge in [0.2, 0.25) is 0 Å². The molecule has 1 atom stereocenters. The number of aromatic amines is 2. The first-order valence-corrected chi connectivity index (χ1v) is 8.31. The minimum atomic E-state index is 0.316. The number of nitrogens with one attached hydrogen (secondary N) is 3. The topological polar surface area (TPSA) is 72.6 Å². The summed E-state index contributed by atoms with van der Waals surface area (Å²) in [6.45, 7) is 3.32. The summed E-state index contributed by atoms with van der Waals surface area (Å²) in [5.74, 6) is 0.887. The zero-order valence-electron chi connectivity index (χ0n) is 13.0. The van der Waals surface area contributed by atoms with Crippen molar-refractivity contribution in [2.75, 3.05) is 24.5 Å². The molecule has 0 amide bonds. The molecule has 3 N–H and O–H groups in total. The van der Waals surface area contributed by atoms with Crippen LogP contribution in [-0.4, -0.2) is 45.1 Å². The van der Waals surface area contributed by atoms with Crippen molar-refractivity contribution < 1.29 is 0 Å². The number of nitrogens with zero attached hydrogens (tertiary/aromatic N) is 3. The number of H-pyrrole nitrogens is 2. The number of imidazole rings is 1. The van der Waals surface area contributed by atoms with E-state index >= 15 is 0 Å². The fourth-order valence-corrected chi connectivity index (χ4v) is 4.20.